The van der Waals surface area contributed by atoms with E-state index in [9.17, 15) is 0 Å². The molecule has 9 aromatic carbocycles. The van der Waals surface area contributed by atoms with Gasteiger partial charge in [0.2, 0.25) is 0 Å². The van der Waals surface area contributed by atoms with Gasteiger partial charge in [0.15, 0.2) is 0 Å². The monoisotopic (exact) mass is 1010 g/mol. The van der Waals surface area contributed by atoms with Crippen molar-refractivity contribution in [1.29, 1.82) is 0 Å². The van der Waals surface area contributed by atoms with E-state index in [1.165, 1.54) is 150 Å². The van der Waals surface area contributed by atoms with Crippen LogP contribution >= 0.6 is 23.1 Å². The van der Waals surface area contributed by atoms with E-state index in [0.29, 0.717) is 17.1 Å². The molecule has 16 rings (SSSR count). The first-order chi connectivity index (χ1) is 37.7. The summed E-state index contributed by atoms with van der Waals surface area (Å²) in [6.45, 7) is 0.934. The number of rotatable bonds is 7. The van der Waals surface area contributed by atoms with Gasteiger partial charge in [-0.05, 0) is 180 Å². The van der Waals surface area contributed by atoms with Crippen LogP contribution < -0.4 is 0 Å². The Balaban J connectivity index is 0.807. The number of benzene rings is 9. The number of thioether (sulfide) groups is 1. The van der Waals surface area contributed by atoms with Crippen LogP contribution in [0.15, 0.2) is 223 Å². The summed E-state index contributed by atoms with van der Waals surface area (Å²) >= 11 is 4.04. The van der Waals surface area contributed by atoms with Gasteiger partial charge in [0.05, 0.1) is 0 Å². The zero-order valence-electron chi connectivity index (χ0n) is 42.4. The van der Waals surface area contributed by atoms with Gasteiger partial charge >= 0.3 is 0 Å². The number of allylic oxidation sites excluding steroid dienone is 10. The lowest BCUT2D eigenvalue weighted by molar-refractivity contribution is 0.485. The van der Waals surface area contributed by atoms with Crippen molar-refractivity contribution in [1.82, 2.24) is 4.57 Å². The fourth-order valence-electron chi connectivity index (χ4n) is 14.1. The molecule has 3 unspecified atom stereocenters. The van der Waals surface area contributed by atoms with Crippen molar-refractivity contribution in [3.8, 4) is 33.4 Å². The Labute approximate surface area is 452 Å². The lowest BCUT2D eigenvalue weighted by Crippen LogP contribution is -2.16. The number of thiophene rings is 1. The van der Waals surface area contributed by atoms with Gasteiger partial charge in [0, 0.05) is 59.7 Å². The van der Waals surface area contributed by atoms with Gasteiger partial charge in [0.1, 0.15) is 0 Å². The molecule has 2 aromatic heterocycles. The van der Waals surface area contributed by atoms with Crippen molar-refractivity contribution < 1.29 is 0 Å². The van der Waals surface area contributed by atoms with Crippen LogP contribution in [0.5, 0.6) is 0 Å². The predicted molar refractivity (Wildman–Crippen MR) is 330 cm³/mol. The van der Waals surface area contributed by atoms with Crippen molar-refractivity contribution in [3.05, 3.63) is 245 Å². The minimum atomic E-state index is 0.379. The van der Waals surface area contributed by atoms with Crippen LogP contribution in [0.4, 0.5) is 0 Å². The molecule has 0 saturated heterocycles. The quantitative estimate of drug-likeness (QED) is 0.144. The van der Waals surface area contributed by atoms with Gasteiger partial charge in [0.25, 0.3) is 0 Å². The summed E-state index contributed by atoms with van der Waals surface area (Å²) < 4.78 is 5.39. The molecule has 1 aliphatic heterocycles. The van der Waals surface area contributed by atoms with Gasteiger partial charge < -0.3 is 4.57 Å². The second kappa shape index (κ2) is 18.0. The summed E-state index contributed by atoms with van der Waals surface area (Å²) in [5.41, 5.74) is 20.5. The van der Waals surface area contributed by atoms with Crippen LogP contribution in [0.3, 0.4) is 0 Å². The molecule has 5 aliphatic rings. The molecule has 3 heterocycles. The Morgan fingerprint density at radius 3 is 2.00 bits per heavy atom. The number of hydrogen-bond acceptors (Lipinski definition) is 2. The topological polar surface area (TPSA) is 4.93 Å². The van der Waals surface area contributed by atoms with Gasteiger partial charge in [-0.1, -0.05) is 188 Å². The number of fused-ring (bicyclic) bond motifs is 11. The lowest BCUT2D eigenvalue weighted by Gasteiger charge is -2.26. The van der Waals surface area contributed by atoms with E-state index in [4.69, 9.17) is 0 Å². The summed E-state index contributed by atoms with van der Waals surface area (Å²) in [4.78, 5) is 1.59. The van der Waals surface area contributed by atoms with Crippen molar-refractivity contribution in [2.75, 3.05) is 0 Å². The highest BCUT2D eigenvalue weighted by molar-refractivity contribution is 8.04. The lowest BCUT2D eigenvalue weighted by atomic mass is 9.81. The highest BCUT2D eigenvalue weighted by Gasteiger charge is 2.37. The molecular weight excluding hydrogens is 955 g/mol. The third-order valence-corrected chi connectivity index (χ3v) is 20.3. The second-order valence-electron chi connectivity index (χ2n) is 21.8. The molecule has 76 heavy (non-hydrogen) atoms. The molecule has 0 amide bonds. The Bertz CT molecular complexity index is 4390. The Morgan fingerprint density at radius 1 is 0.526 bits per heavy atom. The van der Waals surface area contributed by atoms with Crippen molar-refractivity contribution in [2.45, 2.75) is 56.7 Å². The predicted octanol–water partition coefficient (Wildman–Crippen LogP) is 20.6. The highest BCUT2D eigenvalue weighted by Crippen LogP contribution is 2.54. The third-order valence-electron chi connectivity index (χ3n) is 17.6. The Kier molecular flexibility index (Phi) is 10.5. The molecule has 4 aliphatic carbocycles. The van der Waals surface area contributed by atoms with Crippen LogP contribution in [0.1, 0.15) is 60.8 Å². The Hall–Kier alpha value is -7.69. The van der Waals surface area contributed by atoms with Gasteiger partial charge in [-0.2, -0.15) is 0 Å². The van der Waals surface area contributed by atoms with E-state index >= 15 is 0 Å². The normalized spacial score (nSPS) is 19.0. The second-order valence-corrected chi connectivity index (χ2v) is 24.1. The average molecular weight is 1010 g/mol. The first-order valence-corrected chi connectivity index (χ1v) is 29.3. The van der Waals surface area contributed by atoms with Crippen molar-refractivity contribution in [3.63, 3.8) is 0 Å². The van der Waals surface area contributed by atoms with Gasteiger partial charge in [-0.3, -0.25) is 0 Å². The molecule has 0 spiro atoms. The first-order valence-electron chi connectivity index (χ1n) is 27.6. The molecule has 3 heteroatoms. The van der Waals surface area contributed by atoms with Gasteiger partial charge in [-0.25, -0.2) is 0 Å². The van der Waals surface area contributed by atoms with Crippen LogP contribution in [-0.2, 0) is 13.0 Å². The van der Waals surface area contributed by atoms with E-state index in [2.05, 4.69) is 235 Å². The van der Waals surface area contributed by atoms with E-state index in [1.54, 1.807) is 10.5 Å². The van der Waals surface area contributed by atoms with E-state index in [1.807, 2.05) is 11.3 Å². The molecule has 0 saturated carbocycles. The number of aromatic nitrogens is 1. The fraction of sp³-hybridized carbons (Fsp3) is 0.151. The maximum atomic E-state index is 2.68. The molecule has 11 aromatic rings. The van der Waals surface area contributed by atoms with Crippen LogP contribution in [-0.4, -0.2) is 9.82 Å². The SMILES string of the molecule is C1=CC2C3=C(CCC=C3)SC2C(c2ccc3c(c2)c2cc(-c4cccc5c4sc4ccccc45)ccc2n3CC2C=C(c3c4ccccc4c(-c4ccc(-c5cccc6c5C=CCC6)cc4)c4ccccc34)CCC2)=C1. The highest BCUT2D eigenvalue weighted by atomic mass is 32.2. The van der Waals surface area contributed by atoms with E-state index in [0.717, 1.165) is 32.2 Å². The van der Waals surface area contributed by atoms with Crippen LogP contribution in [0.2, 0.25) is 0 Å². The summed E-state index contributed by atoms with van der Waals surface area (Å²) in [5.74, 6) is 0.819. The molecular formula is C73H55NS2. The molecule has 1 nitrogen and oxygen atoms in total. The summed E-state index contributed by atoms with van der Waals surface area (Å²) in [6, 6.07) is 65.3. The molecule has 0 fully saturated rings. The fourth-order valence-corrected chi connectivity index (χ4v) is 17.0. The van der Waals surface area contributed by atoms with Gasteiger partial charge in [-0.15, -0.1) is 23.1 Å². The summed E-state index contributed by atoms with van der Waals surface area (Å²) in [5, 5.41) is 11.2. The minimum Gasteiger partial charge on any atom is -0.340 e. The molecule has 0 radical (unpaired) electrons. The molecule has 3 atom stereocenters. The van der Waals surface area contributed by atoms with Crippen molar-refractivity contribution >= 4 is 104 Å². The number of hydrogen-bond donors (Lipinski definition) is 0. The van der Waals surface area contributed by atoms with Crippen LogP contribution in [0.25, 0.3) is 114 Å². The Morgan fingerprint density at radius 2 is 1.18 bits per heavy atom. The smallest absolute Gasteiger partial charge is 0.0491 e. The van der Waals surface area contributed by atoms with Crippen molar-refractivity contribution in [2.24, 2.45) is 11.8 Å². The minimum absolute atomic E-state index is 0.379. The first kappa shape index (κ1) is 44.6. The van der Waals surface area contributed by atoms with E-state index in [-0.39, 0.29) is 0 Å². The summed E-state index contributed by atoms with van der Waals surface area (Å²) in [6.07, 6.45) is 27.3. The maximum absolute atomic E-state index is 2.68. The molecule has 364 valence electrons. The average Bonchev–Trinajstić information content (AvgIpc) is 4.28. The zero-order chi connectivity index (χ0) is 49.8. The summed E-state index contributed by atoms with van der Waals surface area (Å²) in [7, 11) is 0. The third kappa shape index (κ3) is 7.12. The molecule has 0 bridgehead atoms. The molecule has 0 N–H and O–H groups in total. The largest absolute Gasteiger partial charge is 0.340 e. The standard InChI is InChI=1S/C73H55NS2/c1-2-19-52-46(16-1)17-12-26-53(52)47-33-35-48(36-34-47)70-58-22-3-5-24-60(58)71(61-25-6-4-23-59(61)70)51-18-11-15-45(41-51)44-74-66-39-37-49(54-27-13-29-62-56-20-7-9-31-68(56)75-72(54)62)42-64(66)65-43-50(38-40-67(65)74)55-28-14-30-63-57-21-8-10-32-69(57)76-73(55)63/h2-9,12-14,17,19-31,33-43,45,63,73H,1,10-11,15-16,18,32,44H2. The van der Waals surface area contributed by atoms with E-state index < -0.39 is 0 Å². The van der Waals surface area contributed by atoms with Crippen LogP contribution in [0, 0.1) is 11.8 Å². The zero-order valence-corrected chi connectivity index (χ0v) is 44.1. The number of nitrogens with zero attached hydrogens (tertiary/aromatic N) is 1. The number of aryl methyl sites for hydroxylation is 1. The maximum Gasteiger partial charge on any atom is 0.0491 e.